The topological polar surface area (TPSA) is 59.4 Å². The van der Waals surface area contributed by atoms with Gasteiger partial charge in [0.15, 0.2) is 0 Å². The van der Waals surface area contributed by atoms with Gasteiger partial charge in [0.2, 0.25) is 0 Å². The molecular weight excluding hydrogens is 230 g/mol. The highest BCUT2D eigenvalue weighted by Crippen LogP contribution is 2.26. The molecule has 1 N–H and O–H groups in total. The van der Waals surface area contributed by atoms with E-state index in [1.54, 1.807) is 12.1 Å². The van der Waals surface area contributed by atoms with Gasteiger partial charge >= 0.3 is 5.97 Å². The Labute approximate surface area is 107 Å². The predicted octanol–water partition coefficient (Wildman–Crippen LogP) is 2.88. The molecule has 18 heavy (non-hydrogen) atoms. The molecule has 4 nitrogen and oxygen atoms in total. The number of carboxylic acids is 1. The first kappa shape index (κ1) is 13.0. The Morgan fingerprint density at radius 1 is 1.44 bits per heavy atom. The lowest BCUT2D eigenvalue weighted by Crippen LogP contribution is -2.25. The van der Waals surface area contributed by atoms with Gasteiger partial charge < -0.3 is 9.84 Å². The van der Waals surface area contributed by atoms with E-state index in [2.05, 4.69) is 11.9 Å². The average molecular weight is 249 g/mol. The summed E-state index contributed by atoms with van der Waals surface area (Å²) >= 11 is 0. The fourth-order valence-corrected chi connectivity index (χ4v) is 2.36. The van der Waals surface area contributed by atoms with E-state index < -0.39 is 5.97 Å². The van der Waals surface area contributed by atoms with Crippen molar-refractivity contribution in [1.29, 1.82) is 0 Å². The summed E-state index contributed by atoms with van der Waals surface area (Å²) in [6.45, 7) is 2.69. The average Bonchev–Trinajstić information content (AvgIpc) is 2.38. The number of carboxylic acid groups (broad SMARTS) is 1. The second-order valence-electron chi connectivity index (χ2n) is 4.95. The standard InChI is InChI=1S/C14H19NO3/c1-10-4-2-3-5-13(10)18-9-12-7-6-11(8-15-12)14(16)17/h6-8,10,13H,2-5,9H2,1H3,(H,16,17). The van der Waals surface area contributed by atoms with Crippen LogP contribution in [0.5, 0.6) is 0 Å². The van der Waals surface area contributed by atoms with Crippen molar-refractivity contribution in [2.45, 2.75) is 45.3 Å². The van der Waals surface area contributed by atoms with Crippen LogP contribution in [-0.4, -0.2) is 22.2 Å². The largest absolute Gasteiger partial charge is 0.478 e. The van der Waals surface area contributed by atoms with E-state index in [4.69, 9.17) is 9.84 Å². The van der Waals surface area contributed by atoms with Crippen molar-refractivity contribution in [3.63, 3.8) is 0 Å². The zero-order valence-electron chi connectivity index (χ0n) is 10.6. The summed E-state index contributed by atoms with van der Waals surface area (Å²) < 4.78 is 5.87. The Balaban J connectivity index is 1.87. The Bertz CT molecular complexity index is 402. The molecule has 0 spiro atoms. The second kappa shape index (κ2) is 5.96. The second-order valence-corrected chi connectivity index (χ2v) is 4.95. The molecule has 4 heteroatoms. The van der Waals surface area contributed by atoms with Crippen LogP contribution in [0.3, 0.4) is 0 Å². The molecule has 0 aromatic carbocycles. The zero-order valence-corrected chi connectivity index (χ0v) is 10.6. The molecule has 2 unspecified atom stereocenters. The van der Waals surface area contributed by atoms with Crippen molar-refractivity contribution in [1.82, 2.24) is 4.98 Å². The highest BCUT2D eigenvalue weighted by atomic mass is 16.5. The van der Waals surface area contributed by atoms with Gasteiger partial charge in [0, 0.05) is 6.20 Å². The zero-order chi connectivity index (χ0) is 13.0. The van der Waals surface area contributed by atoms with Crippen LogP contribution in [0.4, 0.5) is 0 Å². The highest BCUT2D eigenvalue weighted by Gasteiger charge is 2.21. The van der Waals surface area contributed by atoms with Crippen molar-refractivity contribution < 1.29 is 14.6 Å². The first-order chi connectivity index (χ1) is 8.66. The Morgan fingerprint density at radius 3 is 2.83 bits per heavy atom. The third-order valence-electron chi connectivity index (χ3n) is 3.55. The minimum atomic E-state index is -0.948. The fraction of sp³-hybridized carbons (Fsp3) is 0.571. The maximum atomic E-state index is 10.7. The molecule has 2 rings (SSSR count). The normalized spacial score (nSPS) is 23.8. The SMILES string of the molecule is CC1CCCCC1OCc1ccc(C(=O)O)cn1. The summed E-state index contributed by atoms with van der Waals surface area (Å²) in [6, 6.07) is 3.29. The Morgan fingerprint density at radius 2 is 2.22 bits per heavy atom. The van der Waals surface area contributed by atoms with Crippen molar-refractivity contribution in [2.24, 2.45) is 5.92 Å². The number of nitrogens with zero attached hydrogens (tertiary/aromatic N) is 1. The van der Waals surface area contributed by atoms with Crippen molar-refractivity contribution in [3.8, 4) is 0 Å². The molecular formula is C14H19NO3. The van der Waals surface area contributed by atoms with Crippen molar-refractivity contribution in [3.05, 3.63) is 29.6 Å². The summed E-state index contributed by atoms with van der Waals surface area (Å²) in [4.78, 5) is 14.8. The lowest BCUT2D eigenvalue weighted by atomic mass is 9.88. The van der Waals surface area contributed by atoms with Crippen LogP contribution in [0, 0.1) is 5.92 Å². The van der Waals surface area contributed by atoms with Crippen LogP contribution in [0.1, 0.15) is 48.7 Å². The number of rotatable bonds is 4. The number of pyridine rings is 1. The van der Waals surface area contributed by atoms with Gasteiger partial charge in [-0.15, -0.1) is 0 Å². The smallest absolute Gasteiger partial charge is 0.337 e. The van der Waals surface area contributed by atoms with Gasteiger partial charge in [0.1, 0.15) is 0 Å². The first-order valence-electron chi connectivity index (χ1n) is 6.46. The van der Waals surface area contributed by atoms with Gasteiger partial charge in [0.05, 0.1) is 24.0 Å². The van der Waals surface area contributed by atoms with Gasteiger partial charge in [-0.1, -0.05) is 19.8 Å². The van der Waals surface area contributed by atoms with Crippen LogP contribution < -0.4 is 0 Å². The third-order valence-corrected chi connectivity index (χ3v) is 3.55. The summed E-state index contributed by atoms with van der Waals surface area (Å²) in [5.74, 6) is -0.340. The number of hydrogen-bond donors (Lipinski definition) is 1. The number of aromatic nitrogens is 1. The van der Waals surface area contributed by atoms with E-state index in [-0.39, 0.29) is 5.56 Å². The minimum Gasteiger partial charge on any atom is -0.478 e. The summed E-state index contributed by atoms with van der Waals surface area (Å²) in [5, 5.41) is 8.77. The van der Waals surface area contributed by atoms with Gasteiger partial charge in [-0.2, -0.15) is 0 Å². The highest BCUT2D eigenvalue weighted by molar-refractivity contribution is 5.87. The van der Waals surface area contributed by atoms with Crippen molar-refractivity contribution >= 4 is 5.97 Å². The molecule has 1 aromatic rings. The third kappa shape index (κ3) is 3.29. The molecule has 0 amide bonds. The summed E-state index contributed by atoms with van der Waals surface area (Å²) in [7, 11) is 0. The summed E-state index contributed by atoms with van der Waals surface area (Å²) in [6.07, 6.45) is 6.59. The Hall–Kier alpha value is -1.42. The predicted molar refractivity (Wildman–Crippen MR) is 67.4 cm³/mol. The quantitative estimate of drug-likeness (QED) is 0.891. The van der Waals surface area contributed by atoms with E-state index in [0.29, 0.717) is 18.6 Å². The number of ether oxygens (including phenoxy) is 1. The lowest BCUT2D eigenvalue weighted by molar-refractivity contribution is -0.0168. The number of carbonyl (C=O) groups is 1. The van der Waals surface area contributed by atoms with E-state index >= 15 is 0 Å². The molecule has 1 aromatic heterocycles. The maximum absolute atomic E-state index is 10.7. The fourth-order valence-electron chi connectivity index (χ4n) is 2.36. The molecule has 98 valence electrons. The maximum Gasteiger partial charge on any atom is 0.337 e. The van der Waals surface area contributed by atoms with Crippen LogP contribution in [-0.2, 0) is 11.3 Å². The first-order valence-corrected chi connectivity index (χ1v) is 6.46. The van der Waals surface area contributed by atoms with E-state index in [1.807, 2.05) is 0 Å². The molecule has 1 aliphatic rings. The number of aromatic carboxylic acids is 1. The van der Waals surface area contributed by atoms with Gasteiger partial charge in [-0.25, -0.2) is 4.79 Å². The lowest BCUT2D eigenvalue weighted by Gasteiger charge is -2.28. The monoisotopic (exact) mass is 249 g/mol. The van der Waals surface area contributed by atoms with Gasteiger partial charge in [-0.05, 0) is 30.9 Å². The molecule has 0 aliphatic heterocycles. The summed E-state index contributed by atoms with van der Waals surface area (Å²) in [5.41, 5.74) is 1.00. The van der Waals surface area contributed by atoms with E-state index in [0.717, 1.165) is 12.1 Å². The molecule has 1 fully saturated rings. The molecule has 0 saturated heterocycles. The van der Waals surface area contributed by atoms with E-state index in [1.165, 1.54) is 25.5 Å². The molecule has 0 radical (unpaired) electrons. The Kier molecular flexibility index (Phi) is 4.31. The molecule has 0 bridgehead atoms. The van der Waals surface area contributed by atoms with Crippen molar-refractivity contribution in [2.75, 3.05) is 0 Å². The molecule has 1 heterocycles. The van der Waals surface area contributed by atoms with Crippen LogP contribution in [0.15, 0.2) is 18.3 Å². The molecule has 1 saturated carbocycles. The molecule has 2 atom stereocenters. The van der Waals surface area contributed by atoms with Crippen LogP contribution in [0.25, 0.3) is 0 Å². The number of hydrogen-bond acceptors (Lipinski definition) is 3. The minimum absolute atomic E-state index is 0.213. The van der Waals surface area contributed by atoms with Gasteiger partial charge in [0.25, 0.3) is 0 Å². The van der Waals surface area contributed by atoms with Gasteiger partial charge in [-0.3, -0.25) is 4.98 Å². The van der Waals surface area contributed by atoms with E-state index in [9.17, 15) is 4.79 Å². The van der Waals surface area contributed by atoms with Crippen LogP contribution in [0.2, 0.25) is 0 Å². The molecule has 1 aliphatic carbocycles. The van der Waals surface area contributed by atoms with Crippen LogP contribution >= 0.6 is 0 Å².